The molecule has 1 aliphatic heterocycles. The van der Waals surface area contributed by atoms with E-state index in [9.17, 15) is 23.2 Å². The fourth-order valence-corrected chi connectivity index (χ4v) is 3.04. The molecule has 134 valence electrons. The van der Waals surface area contributed by atoms with E-state index in [0.717, 1.165) is 12.1 Å². The van der Waals surface area contributed by atoms with Gasteiger partial charge in [-0.05, 0) is 25.0 Å². The Kier molecular flexibility index (Phi) is 4.45. The molecule has 6 nitrogen and oxygen atoms in total. The molecule has 2 fully saturated rings. The zero-order valence-corrected chi connectivity index (χ0v) is 13.8. The van der Waals surface area contributed by atoms with Crippen molar-refractivity contribution in [3.05, 3.63) is 29.8 Å². The van der Waals surface area contributed by atoms with Crippen LogP contribution in [0.2, 0.25) is 0 Å². The molecule has 2 aliphatic rings. The predicted octanol–water partition coefficient (Wildman–Crippen LogP) is 1.37. The number of nitrogens with zero attached hydrogens (tertiary/aromatic N) is 2. The minimum Gasteiger partial charge on any atom is -0.339 e. The largest absolute Gasteiger partial charge is 0.339 e. The highest BCUT2D eigenvalue weighted by Crippen LogP contribution is 2.48. The molecule has 0 radical (unpaired) electrons. The van der Waals surface area contributed by atoms with Crippen molar-refractivity contribution in [2.75, 3.05) is 31.5 Å². The molecule has 1 saturated heterocycles. The van der Waals surface area contributed by atoms with Gasteiger partial charge in [0.25, 0.3) is 0 Å². The lowest BCUT2D eigenvalue weighted by Gasteiger charge is -2.35. The Morgan fingerprint density at radius 1 is 1.00 bits per heavy atom. The fraction of sp³-hybridized carbons (Fsp3) is 0.471. The molecule has 0 atom stereocenters. The van der Waals surface area contributed by atoms with Gasteiger partial charge < -0.3 is 15.1 Å². The number of para-hydroxylation sites is 1. The molecule has 3 amide bonds. The van der Waals surface area contributed by atoms with Gasteiger partial charge in [-0.25, -0.2) is 8.78 Å². The number of anilines is 1. The molecule has 0 aromatic heterocycles. The first-order valence-electron chi connectivity index (χ1n) is 8.15. The maximum absolute atomic E-state index is 13.7. The first-order valence-corrected chi connectivity index (χ1v) is 8.15. The van der Waals surface area contributed by atoms with Crippen LogP contribution >= 0.6 is 0 Å². The van der Waals surface area contributed by atoms with Gasteiger partial charge in [-0.1, -0.05) is 6.07 Å². The van der Waals surface area contributed by atoms with E-state index in [-0.39, 0.29) is 11.8 Å². The summed E-state index contributed by atoms with van der Waals surface area (Å²) < 4.78 is 27.4. The quantitative estimate of drug-likeness (QED) is 0.837. The lowest BCUT2D eigenvalue weighted by Crippen LogP contribution is -2.53. The highest BCUT2D eigenvalue weighted by atomic mass is 19.1. The monoisotopic (exact) mass is 351 g/mol. The first-order chi connectivity index (χ1) is 11.8. The Hall–Kier alpha value is -2.51. The number of piperazine rings is 1. The fourth-order valence-electron chi connectivity index (χ4n) is 3.04. The summed E-state index contributed by atoms with van der Waals surface area (Å²) in [5, 5.41) is 2.23. The van der Waals surface area contributed by atoms with Gasteiger partial charge in [-0.15, -0.1) is 0 Å². The van der Waals surface area contributed by atoms with Crippen molar-refractivity contribution in [3.63, 3.8) is 0 Å². The van der Waals surface area contributed by atoms with E-state index in [1.165, 1.54) is 13.0 Å². The lowest BCUT2D eigenvalue weighted by molar-refractivity contribution is -0.146. The summed E-state index contributed by atoms with van der Waals surface area (Å²) in [4.78, 5) is 39.8. The van der Waals surface area contributed by atoms with Crippen molar-refractivity contribution in [3.8, 4) is 0 Å². The Balaban J connectivity index is 1.69. The molecule has 8 heteroatoms. The van der Waals surface area contributed by atoms with Crippen LogP contribution in [-0.4, -0.2) is 53.7 Å². The van der Waals surface area contributed by atoms with E-state index in [2.05, 4.69) is 5.32 Å². The summed E-state index contributed by atoms with van der Waals surface area (Å²) in [6, 6.07) is 3.29. The second-order valence-corrected chi connectivity index (χ2v) is 6.43. The molecule has 1 aliphatic carbocycles. The summed E-state index contributed by atoms with van der Waals surface area (Å²) in [6.45, 7) is 3.00. The number of halogens is 2. The number of rotatable bonds is 3. The van der Waals surface area contributed by atoms with E-state index in [1.54, 1.807) is 9.80 Å². The van der Waals surface area contributed by atoms with Gasteiger partial charge in [0.15, 0.2) is 0 Å². The number of carbonyl (C=O) groups is 3. The smallest absolute Gasteiger partial charge is 0.240 e. The molecular formula is C17H19F2N3O3. The van der Waals surface area contributed by atoms with E-state index >= 15 is 0 Å². The minimum atomic E-state index is -1.26. The van der Waals surface area contributed by atoms with Crippen molar-refractivity contribution in [2.24, 2.45) is 5.41 Å². The molecule has 0 spiro atoms. The average molecular weight is 351 g/mol. The van der Waals surface area contributed by atoms with Gasteiger partial charge in [-0.3, -0.25) is 14.4 Å². The van der Waals surface area contributed by atoms with Crippen LogP contribution in [0.15, 0.2) is 18.2 Å². The van der Waals surface area contributed by atoms with E-state index < -0.39 is 28.6 Å². The topological polar surface area (TPSA) is 69.7 Å². The number of hydrogen-bond acceptors (Lipinski definition) is 3. The van der Waals surface area contributed by atoms with Crippen molar-refractivity contribution in [1.29, 1.82) is 0 Å². The number of hydrogen-bond donors (Lipinski definition) is 1. The van der Waals surface area contributed by atoms with E-state index in [4.69, 9.17) is 0 Å². The number of nitrogens with one attached hydrogen (secondary N) is 1. The van der Waals surface area contributed by atoms with Gasteiger partial charge in [0, 0.05) is 33.1 Å². The van der Waals surface area contributed by atoms with Crippen LogP contribution in [0, 0.1) is 17.0 Å². The Labute approximate surface area is 143 Å². The number of carbonyl (C=O) groups excluding carboxylic acids is 3. The minimum absolute atomic E-state index is 0.0546. The van der Waals surface area contributed by atoms with Crippen molar-refractivity contribution in [2.45, 2.75) is 19.8 Å². The van der Waals surface area contributed by atoms with Crippen LogP contribution in [0.5, 0.6) is 0 Å². The van der Waals surface area contributed by atoms with Gasteiger partial charge in [0.1, 0.15) is 22.7 Å². The van der Waals surface area contributed by atoms with Crippen molar-refractivity contribution in [1.82, 2.24) is 9.80 Å². The molecule has 1 aromatic carbocycles. The standard InChI is InChI=1S/C17H19F2N3O3/c1-11(23)21-7-9-22(10-8-21)16(25)17(5-6-17)15(24)20-14-12(18)3-2-4-13(14)19/h2-4H,5-10H2,1H3,(H,20,24). The molecule has 3 rings (SSSR count). The maximum Gasteiger partial charge on any atom is 0.240 e. The second-order valence-electron chi connectivity index (χ2n) is 6.43. The van der Waals surface area contributed by atoms with Gasteiger partial charge in [0.05, 0.1) is 0 Å². The second kappa shape index (κ2) is 6.42. The summed E-state index contributed by atoms with van der Waals surface area (Å²) in [6.07, 6.45) is 0.696. The van der Waals surface area contributed by atoms with E-state index in [1.807, 2.05) is 0 Å². The van der Waals surface area contributed by atoms with Gasteiger partial charge >= 0.3 is 0 Å². The Morgan fingerprint density at radius 3 is 2.00 bits per heavy atom. The third-order valence-electron chi connectivity index (χ3n) is 4.81. The Bertz CT molecular complexity index is 706. The SMILES string of the molecule is CC(=O)N1CCN(C(=O)C2(C(=O)Nc3c(F)cccc3F)CC2)CC1. The summed E-state index contributed by atoms with van der Waals surface area (Å²) in [5.74, 6) is -2.85. The predicted molar refractivity (Wildman–Crippen MR) is 85.5 cm³/mol. The number of benzene rings is 1. The Morgan fingerprint density at radius 2 is 1.52 bits per heavy atom. The molecule has 1 N–H and O–H groups in total. The average Bonchev–Trinajstić information content (AvgIpc) is 3.39. The van der Waals surface area contributed by atoms with Gasteiger partial charge in [-0.2, -0.15) is 0 Å². The van der Waals surface area contributed by atoms with Crippen LogP contribution < -0.4 is 5.32 Å². The zero-order valence-electron chi connectivity index (χ0n) is 13.8. The molecular weight excluding hydrogens is 332 g/mol. The molecule has 25 heavy (non-hydrogen) atoms. The maximum atomic E-state index is 13.7. The molecule has 1 aromatic rings. The van der Waals surface area contributed by atoms with E-state index in [0.29, 0.717) is 39.0 Å². The highest BCUT2D eigenvalue weighted by molar-refractivity contribution is 6.13. The lowest BCUT2D eigenvalue weighted by atomic mass is 10.0. The third-order valence-corrected chi connectivity index (χ3v) is 4.81. The van der Waals surface area contributed by atoms with Crippen LogP contribution in [-0.2, 0) is 14.4 Å². The number of amides is 3. The van der Waals surface area contributed by atoms with Crippen LogP contribution in [0.1, 0.15) is 19.8 Å². The normalized spacial score (nSPS) is 18.7. The zero-order chi connectivity index (χ0) is 18.2. The van der Waals surface area contributed by atoms with Crippen molar-refractivity contribution < 1.29 is 23.2 Å². The molecule has 1 saturated carbocycles. The molecule has 1 heterocycles. The third kappa shape index (κ3) is 3.20. The summed E-state index contributed by atoms with van der Waals surface area (Å²) in [7, 11) is 0. The van der Waals surface area contributed by atoms with Gasteiger partial charge in [0.2, 0.25) is 17.7 Å². The summed E-state index contributed by atoms with van der Waals surface area (Å²) >= 11 is 0. The molecule has 0 unspecified atom stereocenters. The van der Waals surface area contributed by atoms with Crippen molar-refractivity contribution >= 4 is 23.4 Å². The van der Waals surface area contributed by atoms with Crippen LogP contribution in [0.25, 0.3) is 0 Å². The molecule has 0 bridgehead atoms. The first kappa shape index (κ1) is 17.3. The van der Waals surface area contributed by atoms with Crippen LogP contribution in [0.4, 0.5) is 14.5 Å². The highest BCUT2D eigenvalue weighted by Gasteiger charge is 2.58. The summed E-state index contributed by atoms with van der Waals surface area (Å²) in [5.41, 5.74) is -1.79. The van der Waals surface area contributed by atoms with Crippen LogP contribution in [0.3, 0.4) is 0 Å².